The van der Waals surface area contributed by atoms with Crippen LogP contribution in [0.3, 0.4) is 0 Å². The molecule has 1 aromatic rings. The normalized spacial score (nSPS) is 14.1. The molecule has 0 saturated carbocycles. The number of carbonyl (C=O) groups excluding carboxylic acids is 1. The van der Waals surface area contributed by atoms with Gasteiger partial charge >= 0.3 is 12.1 Å². The average molecular weight is 399 g/mol. The fourth-order valence-electron chi connectivity index (χ4n) is 1.77. The van der Waals surface area contributed by atoms with E-state index in [1.165, 1.54) is 6.92 Å². The zero-order valence-electron chi connectivity index (χ0n) is 14.3. The number of methoxy groups -OCH3 is 1. The summed E-state index contributed by atoms with van der Waals surface area (Å²) < 4.78 is 87.9. The first-order valence-electron chi connectivity index (χ1n) is 7.37. The Kier molecular flexibility index (Phi) is 7.26. The molecule has 150 valence electrons. The quantitative estimate of drug-likeness (QED) is 0.196. The van der Waals surface area contributed by atoms with Crippen LogP contribution >= 0.6 is 0 Å². The maximum Gasteiger partial charge on any atom is 0.410 e. The number of alkyl halides is 3. The number of aliphatic imine (C=N–C) groups is 1. The lowest BCUT2D eigenvalue weighted by molar-refractivity contribution is -0.143. The Morgan fingerprint density at radius 1 is 1.30 bits per heavy atom. The molecule has 5 nitrogen and oxygen atoms in total. The summed E-state index contributed by atoms with van der Waals surface area (Å²) in [5.74, 6) is -8.74. The van der Waals surface area contributed by atoms with Crippen LogP contribution in [0.1, 0.15) is 19.4 Å². The minimum absolute atomic E-state index is 0.211. The summed E-state index contributed by atoms with van der Waals surface area (Å²) in [4.78, 5) is 15.0. The third-order valence-corrected chi connectivity index (χ3v) is 3.23. The molecule has 27 heavy (non-hydrogen) atoms. The smallest absolute Gasteiger partial charge is 0.410 e. The van der Waals surface area contributed by atoms with Crippen molar-refractivity contribution in [3.8, 4) is 5.75 Å². The molecule has 0 bridgehead atoms. The predicted octanol–water partition coefficient (Wildman–Crippen LogP) is 3.97. The molecular formula is C16H15F6NO4. The maximum atomic E-state index is 14.3. The third-order valence-electron chi connectivity index (χ3n) is 3.23. The van der Waals surface area contributed by atoms with Gasteiger partial charge in [-0.05, 0) is 19.9 Å². The zero-order chi connectivity index (χ0) is 20.9. The molecule has 0 fully saturated rings. The third kappa shape index (κ3) is 5.14. The Morgan fingerprint density at radius 3 is 2.37 bits per heavy atom. The van der Waals surface area contributed by atoms with Gasteiger partial charge in [0, 0.05) is 6.21 Å². The molecule has 1 aromatic carbocycles. The van der Waals surface area contributed by atoms with Crippen molar-refractivity contribution < 1.29 is 45.7 Å². The van der Waals surface area contributed by atoms with Gasteiger partial charge in [0.2, 0.25) is 5.82 Å². The maximum absolute atomic E-state index is 14.3. The van der Waals surface area contributed by atoms with E-state index in [0.29, 0.717) is 13.1 Å². The molecular weight excluding hydrogens is 384 g/mol. The van der Waals surface area contributed by atoms with Crippen LogP contribution in [0.25, 0.3) is 5.76 Å². The van der Waals surface area contributed by atoms with Crippen LogP contribution in [0.4, 0.5) is 26.3 Å². The summed E-state index contributed by atoms with van der Waals surface area (Å²) in [6, 6.07) is -2.05. The summed E-state index contributed by atoms with van der Waals surface area (Å²) >= 11 is 0. The fraction of sp³-hybridized carbons (Fsp3) is 0.375. The van der Waals surface area contributed by atoms with Crippen molar-refractivity contribution in [2.45, 2.75) is 26.1 Å². The van der Waals surface area contributed by atoms with Crippen molar-refractivity contribution in [1.82, 2.24) is 0 Å². The number of esters is 1. The molecule has 0 saturated heterocycles. The molecule has 1 N–H and O–H groups in total. The second-order valence-corrected chi connectivity index (χ2v) is 5.05. The summed E-state index contributed by atoms with van der Waals surface area (Å²) in [6.07, 6.45) is -4.43. The molecule has 0 radical (unpaired) electrons. The van der Waals surface area contributed by atoms with E-state index < -0.39 is 58.3 Å². The Bertz CT molecular complexity index is 773. The number of nitrogens with zero attached hydrogens (tertiary/aromatic N) is 1. The summed E-state index contributed by atoms with van der Waals surface area (Å²) in [5.41, 5.74) is -2.01. The van der Waals surface area contributed by atoms with E-state index in [1.807, 2.05) is 0 Å². The Hall–Kier alpha value is -2.72. The van der Waals surface area contributed by atoms with Crippen molar-refractivity contribution in [3.63, 3.8) is 0 Å². The lowest BCUT2D eigenvalue weighted by Gasteiger charge is -2.13. The van der Waals surface area contributed by atoms with E-state index in [0.717, 1.165) is 7.11 Å². The van der Waals surface area contributed by atoms with Gasteiger partial charge in [-0.25, -0.2) is 13.6 Å². The van der Waals surface area contributed by atoms with E-state index in [2.05, 4.69) is 14.5 Å². The first-order chi connectivity index (χ1) is 12.4. The van der Waals surface area contributed by atoms with Crippen molar-refractivity contribution in [2.75, 3.05) is 13.7 Å². The molecule has 0 aliphatic rings. The van der Waals surface area contributed by atoms with Crippen molar-refractivity contribution >= 4 is 17.9 Å². The lowest BCUT2D eigenvalue weighted by Crippen LogP contribution is -2.24. The van der Waals surface area contributed by atoms with Crippen molar-refractivity contribution in [3.05, 3.63) is 34.7 Å². The lowest BCUT2D eigenvalue weighted by atomic mass is 10.1. The van der Waals surface area contributed by atoms with Crippen LogP contribution in [-0.4, -0.2) is 43.2 Å². The molecule has 0 spiro atoms. The number of benzene rings is 1. The highest BCUT2D eigenvalue weighted by atomic mass is 19.4. The molecule has 1 atom stereocenters. The van der Waals surface area contributed by atoms with Crippen LogP contribution in [0.5, 0.6) is 5.75 Å². The Labute approximate surface area is 149 Å². The standard InChI is InChI=1S/C16H15F6NO4/c1-4-27-15(25)9(6-23-7(2)16(20,21)22)13(24)8-5-10(17)12(19)14(26-3)11(8)18/h5-7,24H,4H2,1-3H3/b13-9-,23-6?/t7-/m1/s1. The summed E-state index contributed by atoms with van der Waals surface area (Å²) in [5, 5.41) is 10.1. The highest BCUT2D eigenvalue weighted by Crippen LogP contribution is 2.31. The van der Waals surface area contributed by atoms with Crippen LogP contribution in [0, 0.1) is 17.5 Å². The number of halogens is 6. The van der Waals surface area contributed by atoms with Gasteiger partial charge in [-0.3, -0.25) is 4.99 Å². The van der Waals surface area contributed by atoms with E-state index in [-0.39, 0.29) is 12.7 Å². The highest BCUT2D eigenvalue weighted by molar-refractivity contribution is 6.15. The summed E-state index contributed by atoms with van der Waals surface area (Å²) in [7, 11) is 0.824. The van der Waals surface area contributed by atoms with Crippen LogP contribution in [0.15, 0.2) is 16.6 Å². The van der Waals surface area contributed by atoms with E-state index in [9.17, 15) is 36.2 Å². The van der Waals surface area contributed by atoms with Crippen molar-refractivity contribution in [2.24, 2.45) is 4.99 Å². The number of rotatable bonds is 6. The summed E-state index contributed by atoms with van der Waals surface area (Å²) in [6.45, 7) is 1.79. The van der Waals surface area contributed by atoms with Gasteiger partial charge in [0.25, 0.3) is 0 Å². The van der Waals surface area contributed by atoms with Gasteiger partial charge in [0.1, 0.15) is 17.4 Å². The second-order valence-electron chi connectivity index (χ2n) is 5.05. The molecule has 0 aliphatic heterocycles. The van der Waals surface area contributed by atoms with E-state index >= 15 is 0 Å². The zero-order valence-corrected chi connectivity index (χ0v) is 14.3. The van der Waals surface area contributed by atoms with Gasteiger partial charge in [0.05, 0.1) is 19.3 Å². The Balaban J connectivity index is 3.60. The molecule has 0 aromatic heterocycles. The highest BCUT2D eigenvalue weighted by Gasteiger charge is 2.35. The Morgan fingerprint density at radius 2 is 1.89 bits per heavy atom. The molecule has 0 aliphatic carbocycles. The fourth-order valence-corrected chi connectivity index (χ4v) is 1.77. The van der Waals surface area contributed by atoms with Gasteiger partial charge in [0.15, 0.2) is 17.4 Å². The largest absolute Gasteiger partial charge is 0.506 e. The first kappa shape index (κ1) is 22.3. The van der Waals surface area contributed by atoms with E-state index in [4.69, 9.17) is 0 Å². The van der Waals surface area contributed by atoms with Gasteiger partial charge in [-0.1, -0.05) is 0 Å². The molecule has 0 heterocycles. The van der Waals surface area contributed by atoms with Crippen LogP contribution in [-0.2, 0) is 9.53 Å². The number of hydrogen-bond donors (Lipinski definition) is 1. The number of hydrogen-bond acceptors (Lipinski definition) is 5. The minimum Gasteiger partial charge on any atom is -0.506 e. The first-order valence-corrected chi connectivity index (χ1v) is 7.37. The average Bonchev–Trinajstić information content (AvgIpc) is 2.57. The van der Waals surface area contributed by atoms with Crippen LogP contribution < -0.4 is 4.74 Å². The number of ether oxygens (including phenoxy) is 2. The minimum atomic E-state index is -4.75. The second kappa shape index (κ2) is 8.78. The number of aliphatic hydroxyl groups is 1. The molecule has 0 unspecified atom stereocenters. The number of carbonyl (C=O) groups is 1. The van der Waals surface area contributed by atoms with Gasteiger partial charge < -0.3 is 14.6 Å². The van der Waals surface area contributed by atoms with Gasteiger partial charge in [-0.2, -0.15) is 17.6 Å². The van der Waals surface area contributed by atoms with Crippen LogP contribution in [0.2, 0.25) is 0 Å². The monoisotopic (exact) mass is 399 g/mol. The molecule has 11 heteroatoms. The molecule has 1 rings (SSSR count). The number of aliphatic hydroxyl groups excluding tert-OH is 1. The topological polar surface area (TPSA) is 68.1 Å². The van der Waals surface area contributed by atoms with E-state index in [1.54, 1.807) is 0 Å². The van der Waals surface area contributed by atoms with Gasteiger partial charge in [-0.15, -0.1) is 0 Å². The predicted molar refractivity (Wildman–Crippen MR) is 83.1 cm³/mol. The van der Waals surface area contributed by atoms with Crippen molar-refractivity contribution in [1.29, 1.82) is 0 Å². The molecule has 0 amide bonds. The SMILES string of the molecule is CCOC(=O)/C(C=N[C@H](C)C(F)(F)F)=C(\O)c1cc(F)c(F)c(OC)c1F.